The zero-order valence-electron chi connectivity index (χ0n) is 20.7. The standard InChI is InChI=1S/C26H30N6O3/c1-6-31-24-22(26(34)27-10-11-32-17(3)12-16(2)30-32)14-20(28-18(4)33)15-23(24)29-25(31)19-8-7-9-21(13-19)35-5/h7-9,12-15H,6,10-11H2,1-5H3,(H,27,34)(H,28,33). The van der Waals surface area contributed by atoms with Gasteiger partial charge in [-0.2, -0.15) is 5.10 Å². The zero-order valence-corrected chi connectivity index (χ0v) is 20.7. The molecule has 0 unspecified atom stereocenters. The van der Waals surface area contributed by atoms with Gasteiger partial charge in [0.25, 0.3) is 5.91 Å². The highest BCUT2D eigenvalue weighted by Gasteiger charge is 2.20. The molecule has 2 aromatic heterocycles. The summed E-state index contributed by atoms with van der Waals surface area (Å²) in [6, 6.07) is 13.1. The van der Waals surface area contributed by atoms with Gasteiger partial charge < -0.3 is 19.9 Å². The van der Waals surface area contributed by atoms with Crippen molar-refractivity contribution in [3.8, 4) is 17.1 Å². The van der Waals surface area contributed by atoms with Crippen LogP contribution in [0.1, 0.15) is 35.6 Å². The summed E-state index contributed by atoms with van der Waals surface area (Å²) in [5, 5.41) is 10.2. The van der Waals surface area contributed by atoms with Crippen LogP contribution in [-0.2, 0) is 17.9 Å². The predicted molar refractivity (Wildman–Crippen MR) is 136 cm³/mol. The lowest BCUT2D eigenvalue weighted by atomic mass is 10.1. The Morgan fingerprint density at radius 1 is 1.11 bits per heavy atom. The van der Waals surface area contributed by atoms with Crippen molar-refractivity contribution in [2.24, 2.45) is 0 Å². The van der Waals surface area contributed by atoms with E-state index in [-0.39, 0.29) is 11.8 Å². The second-order valence-corrected chi connectivity index (χ2v) is 8.39. The number of methoxy groups -OCH3 is 1. The molecule has 0 saturated heterocycles. The Labute approximate surface area is 204 Å². The molecule has 2 heterocycles. The molecule has 9 heteroatoms. The molecule has 0 atom stereocenters. The van der Waals surface area contributed by atoms with Crippen molar-refractivity contribution >= 4 is 28.5 Å². The van der Waals surface area contributed by atoms with Gasteiger partial charge in [-0.15, -0.1) is 0 Å². The van der Waals surface area contributed by atoms with Crippen molar-refractivity contribution in [1.29, 1.82) is 0 Å². The number of fused-ring (bicyclic) bond motifs is 1. The number of rotatable bonds is 8. The first kappa shape index (κ1) is 24.0. The van der Waals surface area contributed by atoms with Gasteiger partial charge in [0.1, 0.15) is 11.6 Å². The lowest BCUT2D eigenvalue weighted by molar-refractivity contribution is -0.114. The number of hydrogen-bond acceptors (Lipinski definition) is 5. The fourth-order valence-corrected chi connectivity index (χ4v) is 4.28. The molecule has 182 valence electrons. The fraction of sp³-hybridized carbons (Fsp3) is 0.308. The van der Waals surface area contributed by atoms with Crippen molar-refractivity contribution in [1.82, 2.24) is 24.6 Å². The van der Waals surface area contributed by atoms with E-state index in [0.29, 0.717) is 41.9 Å². The molecule has 0 aliphatic carbocycles. The maximum Gasteiger partial charge on any atom is 0.253 e. The molecule has 4 rings (SSSR count). The number of carbonyl (C=O) groups excluding carboxylic acids is 2. The number of nitrogens with one attached hydrogen (secondary N) is 2. The number of imidazole rings is 1. The molecule has 0 saturated carbocycles. The summed E-state index contributed by atoms with van der Waals surface area (Å²) >= 11 is 0. The summed E-state index contributed by atoms with van der Waals surface area (Å²) in [7, 11) is 1.62. The monoisotopic (exact) mass is 474 g/mol. The van der Waals surface area contributed by atoms with Gasteiger partial charge in [-0.3, -0.25) is 14.3 Å². The van der Waals surface area contributed by atoms with Crippen LogP contribution in [0.3, 0.4) is 0 Å². The zero-order chi connectivity index (χ0) is 25.1. The van der Waals surface area contributed by atoms with Crippen molar-refractivity contribution in [2.45, 2.75) is 40.8 Å². The quantitative estimate of drug-likeness (QED) is 0.403. The highest BCUT2D eigenvalue weighted by atomic mass is 16.5. The largest absolute Gasteiger partial charge is 0.497 e. The van der Waals surface area contributed by atoms with Crippen molar-refractivity contribution in [3.05, 3.63) is 59.4 Å². The Morgan fingerprint density at radius 2 is 1.91 bits per heavy atom. The van der Waals surface area contributed by atoms with Crippen molar-refractivity contribution in [3.63, 3.8) is 0 Å². The van der Waals surface area contributed by atoms with Gasteiger partial charge in [0.05, 0.1) is 35.9 Å². The first-order valence-corrected chi connectivity index (χ1v) is 11.6. The van der Waals surface area contributed by atoms with E-state index in [1.54, 1.807) is 19.2 Å². The van der Waals surface area contributed by atoms with Gasteiger partial charge in [-0.05, 0) is 51.1 Å². The van der Waals surface area contributed by atoms with Crippen LogP contribution in [0.5, 0.6) is 5.75 Å². The highest BCUT2D eigenvalue weighted by molar-refractivity contribution is 6.08. The molecule has 9 nitrogen and oxygen atoms in total. The van der Waals surface area contributed by atoms with E-state index in [1.807, 2.05) is 60.4 Å². The first-order chi connectivity index (χ1) is 16.8. The smallest absolute Gasteiger partial charge is 0.253 e. The minimum atomic E-state index is -0.240. The second-order valence-electron chi connectivity index (χ2n) is 8.39. The number of amides is 2. The lowest BCUT2D eigenvalue weighted by Crippen LogP contribution is -2.28. The van der Waals surface area contributed by atoms with E-state index in [4.69, 9.17) is 9.72 Å². The lowest BCUT2D eigenvalue weighted by Gasteiger charge is -2.13. The van der Waals surface area contributed by atoms with Gasteiger partial charge in [0.2, 0.25) is 5.91 Å². The van der Waals surface area contributed by atoms with E-state index in [0.717, 1.165) is 28.5 Å². The average molecular weight is 475 g/mol. The Kier molecular flexibility index (Phi) is 6.86. The molecule has 0 bridgehead atoms. The van der Waals surface area contributed by atoms with Crippen LogP contribution >= 0.6 is 0 Å². The van der Waals surface area contributed by atoms with Crippen molar-refractivity contribution < 1.29 is 14.3 Å². The third-order valence-corrected chi connectivity index (χ3v) is 5.76. The van der Waals surface area contributed by atoms with E-state index in [1.165, 1.54) is 6.92 Å². The maximum absolute atomic E-state index is 13.4. The summed E-state index contributed by atoms with van der Waals surface area (Å²) in [5.41, 5.74) is 5.16. The minimum absolute atomic E-state index is 0.219. The van der Waals surface area contributed by atoms with Crippen LogP contribution in [0.4, 0.5) is 5.69 Å². The maximum atomic E-state index is 13.4. The molecule has 2 N–H and O–H groups in total. The number of hydrogen-bond donors (Lipinski definition) is 2. The molecule has 4 aromatic rings. The van der Waals surface area contributed by atoms with Gasteiger partial charge in [-0.1, -0.05) is 12.1 Å². The highest BCUT2D eigenvalue weighted by Crippen LogP contribution is 2.31. The van der Waals surface area contributed by atoms with Crippen LogP contribution in [0.15, 0.2) is 42.5 Å². The molecule has 35 heavy (non-hydrogen) atoms. The number of benzene rings is 2. The molecule has 0 spiro atoms. The molecule has 2 aromatic carbocycles. The number of anilines is 1. The van der Waals surface area contributed by atoms with Crippen molar-refractivity contribution in [2.75, 3.05) is 19.0 Å². The normalized spacial score (nSPS) is 11.0. The molecular formula is C26H30N6O3. The van der Waals surface area contributed by atoms with Crippen LogP contribution in [0.25, 0.3) is 22.4 Å². The third-order valence-electron chi connectivity index (χ3n) is 5.76. The Morgan fingerprint density at radius 3 is 2.57 bits per heavy atom. The first-order valence-electron chi connectivity index (χ1n) is 11.6. The van der Waals surface area contributed by atoms with Gasteiger partial charge in [0.15, 0.2) is 0 Å². The summed E-state index contributed by atoms with van der Waals surface area (Å²) in [4.78, 5) is 30.0. The van der Waals surface area contributed by atoms with Crippen LogP contribution in [-0.4, -0.2) is 44.8 Å². The number of nitrogens with zero attached hydrogens (tertiary/aromatic N) is 4. The minimum Gasteiger partial charge on any atom is -0.497 e. The van der Waals surface area contributed by atoms with E-state index in [2.05, 4.69) is 15.7 Å². The second kappa shape index (κ2) is 10.0. The van der Waals surface area contributed by atoms with E-state index < -0.39 is 0 Å². The Bertz CT molecular complexity index is 1400. The Hall–Kier alpha value is -4.14. The van der Waals surface area contributed by atoms with E-state index in [9.17, 15) is 9.59 Å². The predicted octanol–water partition coefficient (Wildman–Crippen LogP) is 3.93. The SMILES string of the molecule is CCn1c(-c2cccc(OC)c2)nc2cc(NC(C)=O)cc(C(=O)NCCn3nc(C)cc3C)c21. The Balaban J connectivity index is 1.74. The molecule has 0 aliphatic heterocycles. The van der Waals surface area contributed by atoms with E-state index >= 15 is 0 Å². The summed E-state index contributed by atoms with van der Waals surface area (Å²) in [6.07, 6.45) is 0. The number of aromatic nitrogens is 4. The molecule has 2 amide bonds. The molecular weight excluding hydrogens is 444 g/mol. The van der Waals surface area contributed by atoms with Crippen LogP contribution < -0.4 is 15.4 Å². The molecule has 0 aliphatic rings. The van der Waals surface area contributed by atoms with Crippen LogP contribution in [0.2, 0.25) is 0 Å². The number of ether oxygens (including phenoxy) is 1. The topological polar surface area (TPSA) is 103 Å². The molecule has 0 radical (unpaired) electrons. The summed E-state index contributed by atoms with van der Waals surface area (Å²) in [5.74, 6) is 0.982. The fourth-order valence-electron chi connectivity index (χ4n) is 4.28. The summed E-state index contributed by atoms with van der Waals surface area (Å²) < 4.78 is 9.27. The van der Waals surface area contributed by atoms with Crippen LogP contribution in [0, 0.1) is 13.8 Å². The van der Waals surface area contributed by atoms with Gasteiger partial charge >= 0.3 is 0 Å². The number of aryl methyl sites for hydroxylation is 3. The molecule has 0 fully saturated rings. The van der Waals surface area contributed by atoms with Gasteiger partial charge in [0, 0.05) is 37.0 Å². The van der Waals surface area contributed by atoms with Gasteiger partial charge in [-0.25, -0.2) is 4.98 Å². The number of carbonyl (C=O) groups is 2. The average Bonchev–Trinajstić information content (AvgIpc) is 3.36. The summed E-state index contributed by atoms with van der Waals surface area (Å²) in [6.45, 7) is 8.95. The third kappa shape index (κ3) is 5.03.